The topological polar surface area (TPSA) is 39.1 Å². The first-order valence-electron chi connectivity index (χ1n) is 7.64. The molecule has 1 heterocycles. The molecule has 3 nitrogen and oxygen atoms in total. The van der Waals surface area contributed by atoms with Crippen molar-refractivity contribution in [2.45, 2.75) is 69.5 Å². The molecule has 1 aliphatic heterocycles. The largest absolute Gasteiger partial charge is 0.300 e. The standard InChI is InChI=1S/C15H25N3/c1-12-6-8-18(10-12)14-3-2-7-15(9-14,11-16)17-13-4-5-13/h12-14,17H,2-10H2,1H3. The Bertz CT molecular complexity index is 344. The SMILES string of the molecule is CC1CCN(C2CCCC(C#N)(NC3CC3)C2)C1. The average molecular weight is 247 g/mol. The Labute approximate surface area is 111 Å². The van der Waals surface area contributed by atoms with Gasteiger partial charge in [0, 0.05) is 18.6 Å². The lowest BCUT2D eigenvalue weighted by atomic mass is 9.79. The summed E-state index contributed by atoms with van der Waals surface area (Å²) in [5.74, 6) is 0.847. The Morgan fingerprint density at radius 2 is 2.11 bits per heavy atom. The molecule has 0 radical (unpaired) electrons. The molecule has 18 heavy (non-hydrogen) atoms. The average Bonchev–Trinajstić information content (AvgIpc) is 3.08. The van der Waals surface area contributed by atoms with Gasteiger partial charge in [-0.15, -0.1) is 0 Å². The predicted molar refractivity (Wildman–Crippen MR) is 72.1 cm³/mol. The Kier molecular flexibility index (Phi) is 3.34. The molecule has 100 valence electrons. The molecule has 0 aromatic carbocycles. The van der Waals surface area contributed by atoms with Gasteiger partial charge in [0.1, 0.15) is 5.54 Å². The van der Waals surface area contributed by atoms with Crippen molar-refractivity contribution in [3.8, 4) is 6.07 Å². The first-order valence-corrected chi connectivity index (χ1v) is 7.64. The summed E-state index contributed by atoms with van der Waals surface area (Å²) in [4.78, 5) is 2.64. The summed E-state index contributed by atoms with van der Waals surface area (Å²) < 4.78 is 0. The number of nitriles is 1. The minimum Gasteiger partial charge on any atom is -0.300 e. The first-order chi connectivity index (χ1) is 8.71. The maximum absolute atomic E-state index is 9.60. The third kappa shape index (κ3) is 2.55. The lowest BCUT2D eigenvalue weighted by Crippen LogP contribution is -2.53. The second kappa shape index (κ2) is 4.83. The Balaban J connectivity index is 1.64. The molecule has 0 amide bonds. The number of hydrogen-bond acceptors (Lipinski definition) is 3. The van der Waals surface area contributed by atoms with Gasteiger partial charge < -0.3 is 4.90 Å². The van der Waals surface area contributed by atoms with Gasteiger partial charge >= 0.3 is 0 Å². The Morgan fingerprint density at radius 3 is 2.72 bits per heavy atom. The van der Waals surface area contributed by atoms with Crippen molar-refractivity contribution < 1.29 is 0 Å². The van der Waals surface area contributed by atoms with E-state index in [1.165, 1.54) is 45.2 Å². The minimum absolute atomic E-state index is 0.212. The van der Waals surface area contributed by atoms with Gasteiger partial charge in [0.15, 0.2) is 0 Å². The molecule has 3 unspecified atom stereocenters. The van der Waals surface area contributed by atoms with Crippen LogP contribution in [0.1, 0.15) is 51.9 Å². The van der Waals surface area contributed by atoms with Crippen LogP contribution in [-0.2, 0) is 0 Å². The van der Waals surface area contributed by atoms with Crippen molar-refractivity contribution in [3.63, 3.8) is 0 Å². The fourth-order valence-electron chi connectivity index (χ4n) is 3.74. The number of rotatable bonds is 3. The second-order valence-corrected chi connectivity index (χ2v) is 6.75. The van der Waals surface area contributed by atoms with Gasteiger partial charge in [-0.05, 0) is 57.4 Å². The molecule has 0 aromatic rings. The van der Waals surface area contributed by atoms with E-state index < -0.39 is 0 Å². The van der Waals surface area contributed by atoms with Crippen LogP contribution in [0.25, 0.3) is 0 Å². The molecule has 3 heteroatoms. The molecule has 0 bridgehead atoms. The van der Waals surface area contributed by atoms with Crippen LogP contribution in [0.4, 0.5) is 0 Å². The molecule has 2 aliphatic carbocycles. The summed E-state index contributed by atoms with van der Waals surface area (Å²) in [5.41, 5.74) is -0.212. The van der Waals surface area contributed by atoms with Gasteiger partial charge in [-0.1, -0.05) is 6.92 Å². The molecule has 1 N–H and O–H groups in total. The van der Waals surface area contributed by atoms with E-state index >= 15 is 0 Å². The van der Waals surface area contributed by atoms with Gasteiger partial charge in [0.2, 0.25) is 0 Å². The van der Waals surface area contributed by atoms with Gasteiger partial charge in [0.25, 0.3) is 0 Å². The van der Waals surface area contributed by atoms with E-state index in [0.717, 1.165) is 18.8 Å². The highest BCUT2D eigenvalue weighted by molar-refractivity contribution is 5.13. The van der Waals surface area contributed by atoms with Crippen molar-refractivity contribution in [2.75, 3.05) is 13.1 Å². The van der Waals surface area contributed by atoms with Crippen LogP contribution in [-0.4, -0.2) is 35.6 Å². The smallest absolute Gasteiger partial charge is 0.108 e. The molecule has 3 fully saturated rings. The first kappa shape index (κ1) is 12.4. The van der Waals surface area contributed by atoms with Crippen LogP contribution in [0.15, 0.2) is 0 Å². The van der Waals surface area contributed by atoms with E-state index in [2.05, 4.69) is 23.2 Å². The van der Waals surface area contributed by atoms with E-state index in [-0.39, 0.29) is 5.54 Å². The fourth-order valence-corrected chi connectivity index (χ4v) is 3.74. The number of likely N-dealkylation sites (tertiary alicyclic amines) is 1. The summed E-state index contributed by atoms with van der Waals surface area (Å²) in [6.45, 7) is 4.84. The molecule has 2 saturated carbocycles. The van der Waals surface area contributed by atoms with Crippen molar-refractivity contribution in [1.29, 1.82) is 5.26 Å². The third-order valence-electron chi connectivity index (χ3n) is 4.97. The fraction of sp³-hybridized carbons (Fsp3) is 0.933. The summed E-state index contributed by atoms with van der Waals surface area (Å²) in [6, 6.07) is 3.90. The third-order valence-corrected chi connectivity index (χ3v) is 4.97. The van der Waals surface area contributed by atoms with Crippen LogP contribution in [0, 0.1) is 17.2 Å². The summed E-state index contributed by atoms with van der Waals surface area (Å²) in [5, 5.41) is 13.2. The number of hydrogen-bond donors (Lipinski definition) is 1. The van der Waals surface area contributed by atoms with Crippen LogP contribution >= 0.6 is 0 Å². The zero-order valence-corrected chi connectivity index (χ0v) is 11.5. The van der Waals surface area contributed by atoms with E-state index in [0.29, 0.717) is 12.1 Å². The normalized spacial score (nSPS) is 41.8. The minimum atomic E-state index is -0.212. The number of nitrogens with one attached hydrogen (secondary N) is 1. The lowest BCUT2D eigenvalue weighted by Gasteiger charge is -2.40. The quantitative estimate of drug-likeness (QED) is 0.831. The maximum Gasteiger partial charge on any atom is 0.108 e. The van der Waals surface area contributed by atoms with E-state index in [1.54, 1.807) is 0 Å². The number of nitrogens with zero attached hydrogens (tertiary/aromatic N) is 2. The highest BCUT2D eigenvalue weighted by Crippen LogP contribution is 2.35. The molecule has 0 spiro atoms. The maximum atomic E-state index is 9.60. The summed E-state index contributed by atoms with van der Waals surface area (Å²) in [6.07, 6.45) is 8.49. The Morgan fingerprint density at radius 1 is 1.28 bits per heavy atom. The van der Waals surface area contributed by atoms with Gasteiger partial charge in [-0.25, -0.2) is 0 Å². The van der Waals surface area contributed by atoms with E-state index in [9.17, 15) is 5.26 Å². The summed E-state index contributed by atoms with van der Waals surface area (Å²) >= 11 is 0. The van der Waals surface area contributed by atoms with Crippen molar-refractivity contribution in [1.82, 2.24) is 10.2 Å². The lowest BCUT2D eigenvalue weighted by molar-refractivity contribution is 0.139. The zero-order chi connectivity index (χ0) is 12.6. The highest BCUT2D eigenvalue weighted by atomic mass is 15.2. The molecule has 3 aliphatic rings. The predicted octanol–water partition coefficient (Wildman–Crippen LogP) is 2.29. The molecule has 3 rings (SSSR count). The second-order valence-electron chi connectivity index (χ2n) is 6.75. The van der Waals surface area contributed by atoms with E-state index in [1.807, 2.05) is 0 Å². The van der Waals surface area contributed by atoms with Gasteiger partial charge in [-0.2, -0.15) is 5.26 Å². The van der Waals surface area contributed by atoms with Crippen molar-refractivity contribution >= 4 is 0 Å². The molecular weight excluding hydrogens is 222 g/mol. The summed E-state index contributed by atoms with van der Waals surface area (Å²) in [7, 11) is 0. The van der Waals surface area contributed by atoms with Crippen LogP contribution in [0.3, 0.4) is 0 Å². The highest BCUT2D eigenvalue weighted by Gasteiger charge is 2.42. The molecule has 0 aromatic heterocycles. The Hall–Kier alpha value is -0.590. The van der Waals surface area contributed by atoms with Crippen molar-refractivity contribution in [2.24, 2.45) is 5.92 Å². The van der Waals surface area contributed by atoms with Crippen molar-refractivity contribution in [3.05, 3.63) is 0 Å². The van der Waals surface area contributed by atoms with Gasteiger partial charge in [0.05, 0.1) is 6.07 Å². The van der Waals surface area contributed by atoms with Gasteiger partial charge in [-0.3, -0.25) is 5.32 Å². The monoisotopic (exact) mass is 247 g/mol. The van der Waals surface area contributed by atoms with Crippen LogP contribution in [0.2, 0.25) is 0 Å². The zero-order valence-electron chi connectivity index (χ0n) is 11.5. The van der Waals surface area contributed by atoms with Crippen LogP contribution in [0.5, 0.6) is 0 Å². The van der Waals surface area contributed by atoms with Crippen LogP contribution < -0.4 is 5.32 Å². The molecule has 1 saturated heterocycles. The van der Waals surface area contributed by atoms with E-state index in [4.69, 9.17) is 0 Å². The molecular formula is C15H25N3. The molecule has 3 atom stereocenters.